The zero-order valence-electron chi connectivity index (χ0n) is 11.2. The number of hydrogen-bond donors (Lipinski definition) is 1. The van der Waals surface area contributed by atoms with Crippen LogP contribution in [0.1, 0.15) is 31.2 Å². The van der Waals surface area contributed by atoms with Gasteiger partial charge in [0, 0.05) is 24.2 Å². The van der Waals surface area contributed by atoms with Crippen molar-refractivity contribution in [2.45, 2.75) is 57.0 Å². The highest BCUT2D eigenvalue weighted by molar-refractivity contribution is 5.33. The van der Waals surface area contributed by atoms with Gasteiger partial charge in [0.25, 0.3) is 0 Å². The number of nitrogens with zero attached hydrogens (tertiary/aromatic N) is 1. The molecular formula is C15H19F2NO2. The average molecular weight is 283 g/mol. The lowest BCUT2D eigenvalue weighted by molar-refractivity contribution is -0.0511. The van der Waals surface area contributed by atoms with Crippen LogP contribution in [0, 0.1) is 0 Å². The van der Waals surface area contributed by atoms with Gasteiger partial charge in [-0.3, -0.25) is 4.90 Å². The summed E-state index contributed by atoms with van der Waals surface area (Å²) in [6.45, 7) is -2.18. The van der Waals surface area contributed by atoms with Crippen molar-refractivity contribution in [1.29, 1.82) is 0 Å². The number of para-hydroxylation sites is 1. The normalized spacial score (nSPS) is 29.9. The summed E-state index contributed by atoms with van der Waals surface area (Å²) in [5.41, 5.74) is 0.793. The van der Waals surface area contributed by atoms with Gasteiger partial charge in [0.05, 0.1) is 6.10 Å². The van der Waals surface area contributed by atoms with Crippen molar-refractivity contribution >= 4 is 0 Å². The molecule has 2 unspecified atom stereocenters. The maximum atomic E-state index is 12.4. The van der Waals surface area contributed by atoms with Gasteiger partial charge in [-0.15, -0.1) is 0 Å². The van der Waals surface area contributed by atoms with Crippen LogP contribution in [-0.4, -0.2) is 34.8 Å². The van der Waals surface area contributed by atoms with Gasteiger partial charge in [0.15, 0.2) is 0 Å². The van der Waals surface area contributed by atoms with E-state index < -0.39 is 6.61 Å². The van der Waals surface area contributed by atoms with E-state index in [4.69, 9.17) is 0 Å². The highest BCUT2D eigenvalue weighted by Gasteiger charge is 2.40. The van der Waals surface area contributed by atoms with Gasteiger partial charge in [-0.05, 0) is 31.7 Å². The molecule has 0 saturated carbocycles. The second-order valence-corrected chi connectivity index (χ2v) is 5.67. The van der Waals surface area contributed by atoms with Crippen molar-refractivity contribution in [1.82, 2.24) is 4.90 Å². The Morgan fingerprint density at radius 3 is 2.50 bits per heavy atom. The first-order valence-corrected chi connectivity index (χ1v) is 7.10. The van der Waals surface area contributed by atoms with E-state index in [9.17, 15) is 13.9 Å². The fourth-order valence-electron chi connectivity index (χ4n) is 3.55. The van der Waals surface area contributed by atoms with E-state index in [0.29, 0.717) is 18.6 Å². The van der Waals surface area contributed by atoms with Gasteiger partial charge in [0.2, 0.25) is 0 Å². The van der Waals surface area contributed by atoms with Crippen LogP contribution in [0.5, 0.6) is 5.75 Å². The van der Waals surface area contributed by atoms with Crippen molar-refractivity contribution in [3.05, 3.63) is 29.8 Å². The van der Waals surface area contributed by atoms with Gasteiger partial charge in [-0.1, -0.05) is 18.2 Å². The Bertz CT molecular complexity index is 455. The largest absolute Gasteiger partial charge is 0.434 e. The molecule has 1 aromatic rings. The summed E-state index contributed by atoms with van der Waals surface area (Å²) in [6, 6.07) is 7.70. The van der Waals surface area contributed by atoms with E-state index in [1.807, 2.05) is 12.1 Å². The second-order valence-electron chi connectivity index (χ2n) is 5.67. The minimum Gasteiger partial charge on any atom is -0.434 e. The third-order valence-corrected chi connectivity index (χ3v) is 4.40. The molecule has 0 spiro atoms. The van der Waals surface area contributed by atoms with E-state index in [1.54, 1.807) is 12.1 Å². The number of rotatable bonds is 4. The standard InChI is InChI=1S/C15H19F2NO2/c16-15(17)20-14-4-2-1-3-10(14)9-18-11-5-6-12(18)8-13(19)7-11/h1-4,11-13,15,19H,5-9H2. The molecule has 2 saturated heterocycles. The molecule has 2 aliphatic heterocycles. The molecule has 3 nitrogen and oxygen atoms in total. The van der Waals surface area contributed by atoms with Crippen molar-refractivity contribution in [2.75, 3.05) is 0 Å². The van der Waals surface area contributed by atoms with Crippen LogP contribution < -0.4 is 4.74 Å². The SMILES string of the molecule is OC1CC2CCC(C1)N2Cc1ccccc1OC(F)F. The summed E-state index contributed by atoms with van der Waals surface area (Å²) in [5.74, 6) is 0.257. The van der Waals surface area contributed by atoms with E-state index >= 15 is 0 Å². The van der Waals surface area contributed by atoms with E-state index in [2.05, 4.69) is 9.64 Å². The Morgan fingerprint density at radius 1 is 1.20 bits per heavy atom. The van der Waals surface area contributed by atoms with Gasteiger partial charge < -0.3 is 9.84 Å². The van der Waals surface area contributed by atoms with Crippen LogP contribution in [0.25, 0.3) is 0 Å². The molecule has 5 heteroatoms. The maximum Gasteiger partial charge on any atom is 0.387 e. The number of aliphatic hydroxyl groups excluding tert-OH is 1. The molecule has 2 aliphatic rings. The zero-order valence-corrected chi connectivity index (χ0v) is 11.2. The lowest BCUT2D eigenvalue weighted by Crippen LogP contribution is -2.44. The number of hydrogen-bond acceptors (Lipinski definition) is 3. The van der Waals surface area contributed by atoms with Gasteiger partial charge in [0.1, 0.15) is 5.75 Å². The molecule has 0 radical (unpaired) electrons. The van der Waals surface area contributed by atoms with Crippen molar-refractivity contribution < 1.29 is 18.6 Å². The summed E-state index contributed by atoms with van der Waals surface area (Å²) in [4.78, 5) is 2.33. The van der Waals surface area contributed by atoms with E-state index in [1.165, 1.54) is 0 Å². The molecule has 0 amide bonds. The predicted octanol–water partition coefficient (Wildman–Crippen LogP) is 2.78. The topological polar surface area (TPSA) is 32.7 Å². The average Bonchev–Trinajstić information content (AvgIpc) is 2.64. The summed E-state index contributed by atoms with van der Waals surface area (Å²) < 4.78 is 29.4. The minimum absolute atomic E-state index is 0.212. The second kappa shape index (κ2) is 5.66. The van der Waals surface area contributed by atoms with Crippen LogP contribution in [-0.2, 0) is 6.54 Å². The predicted molar refractivity (Wildman–Crippen MR) is 70.7 cm³/mol. The molecule has 1 aromatic carbocycles. The van der Waals surface area contributed by atoms with Crippen molar-refractivity contribution in [3.8, 4) is 5.75 Å². The smallest absolute Gasteiger partial charge is 0.387 e. The summed E-state index contributed by atoms with van der Waals surface area (Å²) >= 11 is 0. The third-order valence-electron chi connectivity index (χ3n) is 4.40. The summed E-state index contributed by atoms with van der Waals surface area (Å²) in [7, 11) is 0. The van der Waals surface area contributed by atoms with Crippen LogP contribution in [0.2, 0.25) is 0 Å². The van der Waals surface area contributed by atoms with Crippen LogP contribution >= 0.6 is 0 Å². The highest BCUT2D eigenvalue weighted by atomic mass is 19.3. The number of fused-ring (bicyclic) bond motifs is 2. The Hall–Kier alpha value is -1.20. The first-order valence-electron chi connectivity index (χ1n) is 7.10. The molecule has 2 heterocycles. The van der Waals surface area contributed by atoms with Gasteiger partial charge in [-0.2, -0.15) is 8.78 Å². The zero-order chi connectivity index (χ0) is 14.1. The number of piperidine rings is 1. The summed E-state index contributed by atoms with van der Waals surface area (Å²) in [5, 5.41) is 9.80. The number of ether oxygens (including phenoxy) is 1. The molecule has 2 bridgehead atoms. The van der Waals surface area contributed by atoms with E-state index in [0.717, 1.165) is 31.2 Å². The molecule has 0 aromatic heterocycles. The molecule has 1 N–H and O–H groups in total. The Balaban J connectivity index is 1.75. The molecular weight excluding hydrogens is 264 g/mol. The first kappa shape index (κ1) is 13.8. The Kier molecular flexibility index (Phi) is 3.89. The van der Waals surface area contributed by atoms with Gasteiger partial charge in [-0.25, -0.2) is 0 Å². The van der Waals surface area contributed by atoms with Crippen LogP contribution in [0.15, 0.2) is 24.3 Å². The quantitative estimate of drug-likeness (QED) is 0.922. The van der Waals surface area contributed by atoms with Crippen LogP contribution in [0.4, 0.5) is 8.78 Å². The maximum absolute atomic E-state index is 12.4. The lowest BCUT2D eigenvalue weighted by Gasteiger charge is -2.37. The fraction of sp³-hybridized carbons (Fsp3) is 0.600. The van der Waals surface area contributed by atoms with Crippen molar-refractivity contribution in [3.63, 3.8) is 0 Å². The lowest BCUT2D eigenvalue weighted by atomic mass is 9.99. The van der Waals surface area contributed by atoms with Crippen LogP contribution in [0.3, 0.4) is 0 Å². The minimum atomic E-state index is -2.80. The molecule has 2 fully saturated rings. The number of aliphatic hydroxyl groups is 1. The van der Waals surface area contributed by atoms with E-state index in [-0.39, 0.29) is 11.9 Å². The molecule has 0 aliphatic carbocycles. The number of benzene rings is 1. The Labute approximate surface area is 117 Å². The molecule has 3 rings (SSSR count). The highest BCUT2D eigenvalue weighted by Crippen LogP contribution is 2.37. The first-order chi connectivity index (χ1) is 9.63. The monoisotopic (exact) mass is 283 g/mol. The van der Waals surface area contributed by atoms with Crippen molar-refractivity contribution in [2.24, 2.45) is 0 Å². The van der Waals surface area contributed by atoms with Gasteiger partial charge >= 0.3 is 6.61 Å². The molecule has 20 heavy (non-hydrogen) atoms. The molecule has 110 valence electrons. The fourth-order valence-corrected chi connectivity index (χ4v) is 3.55. The Morgan fingerprint density at radius 2 is 1.85 bits per heavy atom. The molecule has 2 atom stereocenters. The summed E-state index contributed by atoms with van der Waals surface area (Å²) in [6.07, 6.45) is 3.53. The number of alkyl halides is 2. The number of halogens is 2. The third kappa shape index (κ3) is 2.79.